The van der Waals surface area contributed by atoms with Crippen LogP contribution in [0, 0.1) is 0 Å². The summed E-state index contributed by atoms with van der Waals surface area (Å²) >= 11 is 1.63. The molecule has 0 aliphatic heterocycles. The van der Waals surface area contributed by atoms with Crippen LogP contribution < -0.4 is 10.1 Å². The summed E-state index contributed by atoms with van der Waals surface area (Å²) in [6, 6.07) is 5.99. The van der Waals surface area contributed by atoms with Crippen LogP contribution in [0.25, 0.3) is 10.2 Å². The van der Waals surface area contributed by atoms with E-state index in [4.69, 9.17) is 9.47 Å². The fourth-order valence-electron chi connectivity index (χ4n) is 1.59. The summed E-state index contributed by atoms with van der Waals surface area (Å²) in [5.74, 6) is 0.893. The number of thiazole rings is 1. The van der Waals surface area contributed by atoms with Crippen LogP contribution in [-0.4, -0.2) is 31.3 Å². The van der Waals surface area contributed by atoms with Gasteiger partial charge in [-0.15, -0.1) is 0 Å². The number of anilines is 1. The van der Waals surface area contributed by atoms with Gasteiger partial charge in [0.1, 0.15) is 5.75 Å². The molecule has 0 fully saturated rings. The molecule has 0 radical (unpaired) electrons. The Kier molecular flexibility index (Phi) is 4.38. The summed E-state index contributed by atoms with van der Waals surface area (Å²) in [5.41, 5.74) is 0.996. The Morgan fingerprint density at radius 3 is 2.94 bits per heavy atom. The van der Waals surface area contributed by atoms with Crippen LogP contribution in [0.5, 0.6) is 5.75 Å². The van der Waals surface area contributed by atoms with Gasteiger partial charge in [0.25, 0.3) is 0 Å². The standard InChI is InChI=1S/C13H18N2O2S/c1-9(2)17-10-4-5-11-12(8-10)18-13(15-11)14-6-7-16-3/h4-5,8-9H,6-7H2,1-3H3,(H,14,15). The molecule has 0 saturated heterocycles. The van der Waals surface area contributed by atoms with Crippen molar-refractivity contribution in [1.82, 2.24) is 4.98 Å². The molecule has 98 valence electrons. The van der Waals surface area contributed by atoms with E-state index in [0.717, 1.165) is 27.6 Å². The third kappa shape index (κ3) is 3.34. The molecule has 1 N–H and O–H groups in total. The molecule has 1 aromatic carbocycles. The lowest BCUT2D eigenvalue weighted by Gasteiger charge is -2.08. The van der Waals surface area contributed by atoms with Crippen LogP contribution in [0.15, 0.2) is 18.2 Å². The number of ether oxygens (including phenoxy) is 2. The minimum atomic E-state index is 0.190. The van der Waals surface area contributed by atoms with Gasteiger partial charge in [-0.25, -0.2) is 4.98 Å². The number of rotatable bonds is 6. The molecule has 0 bridgehead atoms. The predicted molar refractivity (Wildman–Crippen MR) is 75.7 cm³/mol. The Morgan fingerprint density at radius 1 is 1.39 bits per heavy atom. The zero-order valence-corrected chi connectivity index (χ0v) is 11.7. The van der Waals surface area contributed by atoms with Crippen LogP contribution >= 0.6 is 11.3 Å². The second kappa shape index (κ2) is 6.02. The molecule has 4 nitrogen and oxygen atoms in total. The first kappa shape index (κ1) is 13.1. The Bertz CT molecular complexity index is 511. The van der Waals surface area contributed by atoms with Gasteiger partial charge < -0.3 is 14.8 Å². The van der Waals surface area contributed by atoms with E-state index in [2.05, 4.69) is 10.3 Å². The van der Waals surface area contributed by atoms with Gasteiger partial charge in [0.2, 0.25) is 0 Å². The highest BCUT2D eigenvalue weighted by atomic mass is 32.1. The fourth-order valence-corrected chi connectivity index (χ4v) is 2.51. The number of benzene rings is 1. The second-order valence-electron chi connectivity index (χ2n) is 4.23. The molecule has 1 heterocycles. The highest BCUT2D eigenvalue weighted by molar-refractivity contribution is 7.22. The van der Waals surface area contributed by atoms with Gasteiger partial charge in [0.05, 0.1) is 22.9 Å². The molecule has 0 aliphatic carbocycles. The molecule has 2 aromatic rings. The molecule has 0 spiro atoms. The minimum absolute atomic E-state index is 0.190. The summed E-state index contributed by atoms with van der Waals surface area (Å²) in [6.07, 6.45) is 0.190. The lowest BCUT2D eigenvalue weighted by atomic mass is 10.3. The van der Waals surface area contributed by atoms with Gasteiger partial charge in [0.15, 0.2) is 5.13 Å². The molecule has 18 heavy (non-hydrogen) atoms. The molecule has 1 aromatic heterocycles. The normalized spacial score (nSPS) is 11.1. The number of nitrogens with zero attached hydrogens (tertiary/aromatic N) is 1. The summed E-state index contributed by atoms with van der Waals surface area (Å²) in [7, 11) is 1.69. The molecule has 5 heteroatoms. The minimum Gasteiger partial charge on any atom is -0.491 e. The number of nitrogens with one attached hydrogen (secondary N) is 1. The Hall–Kier alpha value is -1.33. The molecule has 0 atom stereocenters. The van der Waals surface area contributed by atoms with E-state index in [0.29, 0.717) is 6.61 Å². The molecular formula is C13H18N2O2S. The summed E-state index contributed by atoms with van der Waals surface area (Å²) in [4.78, 5) is 4.50. The average Bonchev–Trinajstić information content (AvgIpc) is 2.70. The first-order valence-electron chi connectivity index (χ1n) is 5.99. The van der Waals surface area contributed by atoms with Crippen LogP contribution in [-0.2, 0) is 4.74 Å². The average molecular weight is 266 g/mol. The monoisotopic (exact) mass is 266 g/mol. The Balaban J connectivity index is 2.12. The summed E-state index contributed by atoms with van der Waals surface area (Å²) < 4.78 is 11.8. The highest BCUT2D eigenvalue weighted by Gasteiger charge is 2.05. The third-order valence-corrected chi connectivity index (χ3v) is 3.29. The van der Waals surface area contributed by atoms with Crippen LogP contribution in [0.3, 0.4) is 0 Å². The van der Waals surface area contributed by atoms with Crippen molar-refractivity contribution in [3.05, 3.63) is 18.2 Å². The maximum Gasteiger partial charge on any atom is 0.183 e. The molecule has 0 aliphatic rings. The SMILES string of the molecule is COCCNc1nc2ccc(OC(C)C)cc2s1. The zero-order chi connectivity index (χ0) is 13.0. The fraction of sp³-hybridized carbons (Fsp3) is 0.462. The molecule has 0 amide bonds. The van der Waals surface area contributed by atoms with E-state index in [9.17, 15) is 0 Å². The van der Waals surface area contributed by atoms with Crippen LogP contribution in [0.2, 0.25) is 0 Å². The zero-order valence-electron chi connectivity index (χ0n) is 10.9. The third-order valence-electron chi connectivity index (χ3n) is 2.31. The lowest BCUT2D eigenvalue weighted by molar-refractivity contribution is 0.211. The van der Waals surface area contributed by atoms with E-state index in [1.165, 1.54) is 0 Å². The maximum absolute atomic E-state index is 5.67. The van der Waals surface area contributed by atoms with Crippen LogP contribution in [0.4, 0.5) is 5.13 Å². The first-order valence-corrected chi connectivity index (χ1v) is 6.80. The number of aromatic nitrogens is 1. The van der Waals surface area contributed by atoms with Gasteiger partial charge in [0, 0.05) is 13.7 Å². The smallest absolute Gasteiger partial charge is 0.183 e. The van der Waals surface area contributed by atoms with Crippen molar-refractivity contribution < 1.29 is 9.47 Å². The lowest BCUT2D eigenvalue weighted by Crippen LogP contribution is -2.06. The maximum atomic E-state index is 5.67. The van der Waals surface area contributed by atoms with Gasteiger partial charge in [-0.3, -0.25) is 0 Å². The van der Waals surface area contributed by atoms with Crippen molar-refractivity contribution in [3.8, 4) is 5.75 Å². The number of methoxy groups -OCH3 is 1. The summed E-state index contributed by atoms with van der Waals surface area (Å²) in [6.45, 7) is 5.49. The predicted octanol–water partition coefficient (Wildman–Crippen LogP) is 3.14. The van der Waals surface area contributed by atoms with E-state index in [1.54, 1.807) is 18.4 Å². The molecule has 2 rings (SSSR count). The largest absolute Gasteiger partial charge is 0.491 e. The van der Waals surface area contributed by atoms with E-state index >= 15 is 0 Å². The molecular weight excluding hydrogens is 248 g/mol. The van der Waals surface area contributed by atoms with Crippen molar-refractivity contribution in [3.63, 3.8) is 0 Å². The first-order chi connectivity index (χ1) is 8.69. The van der Waals surface area contributed by atoms with Gasteiger partial charge in [-0.05, 0) is 32.0 Å². The number of hydrogen-bond acceptors (Lipinski definition) is 5. The van der Waals surface area contributed by atoms with Gasteiger partial charge in [-0.1, -0.05) is 11.3 Å². The molecule has 0 saturated carbocycles. The summed E-state index contributed by atoms with van der Waals surface area (Å²) in [5, 5.41) is 4.16. The topological polar surface area (TPSA) is 43.4 Å². The van der Waals surface area contributed by atoms with Crippen LogP contribution in [0.1, 0.15) is 13.8 Å². The highest BCUT2D eigenvalue weighted by Crippen LogP contribution is 2.29. The van der Waals surface area contributed by atoms with Gasteiger partial charge in [-0.2, -0.15) is 0 Å². The van der Waals surface area contributed by atoms with E-state index < -0.39 is 0 Å². The van der Waals surface area contributed by atoms with E-state index in [1.807, 2.05) is 32.0 Å². The second-order valence-corrected chi connectivity index (χ2v) is 5.27. The molecule has 0 unspecified atom stereocenters. The van der Waals surface area contributed by atoms with E-state index in [-0.39, 0.29) is 6.10 Å². The van der Waals surface area contributed by atoms with Crippen molar-refractivity contribution >= 4 is 26.7 Å². The number of hydrogen-bond donors (Lipinski definition) is 1. The van der Waals surface area contributed by atoms with Gasteiger partial charge >= 0.3 is 0 Å². The van der Waals surface area contributed by atoms with Crippen molar-refractivity contribution in [2.24, 2.45) is 0 Å². The Labute approximate surface area is 111 Å². The van der Waals surface area contributed by atoms with Crippen molar-refractivity contribution in [1.29, 1.82) is 0 Å². The number of fused-ring (bicyclic) bond motifs is 1. The van der Waals surface area contributed by atoms with Crippen molar-refractivity contribution in [2.45, 2.75) is 20.0 Å². The quantitative estimate of drug-likeness (QED) is 0.816. The Morgan fingerprint density at radius 2 is 2.22 bits per heavy atom. The van der Waals surface area contributed by atoms with Crippen molar-refractivity contribution in [2.75, 3.05) is 25.6 Å².